The molecule has 1 aliphatic heterocycles. The van der Waals surface area contributed by atoms with Crippen LogP contribution in [0.15, 0.2) is 39.4 Å². The molecule has 1 unspecified atom stereocenters. The molecule has 0 saturated carbocycles. The minimum atomic E-state index is -0.593. The van der Waals surface area contributed by atoms with E-state index in [-0.39, 0.29) is 17.3 Å². The first kappa shape index (κ1) is 24.7. The summed E-state index contributed by atoms with van der Waals surface area (Å²) in [5, 5.41) is 0. The van der Waals surface area contributed by atoms with Gasteiger partial charge in [-0.2, -0.15) is 4.98 Å². The Morgan fingerprint density at radius 1 is 1.22 bits per heavy atom. The number of H-pyrrole nitrogens is 1. The summed E-state index contributed by atoms with van der Waals surface area (Å²) in [7, 11) is 1.58. The third-order valence-electron chi connectivity index (χ3n) is 6.87. The first-order chi connectivity index (χ1) is 17.7. The molecule has 1 fully saturated rings. The molecule has 1 saturated heterocycles. The molecule has 11 heteroatoms. The zero-order valence-corrected chi connectivity index (χ0v) is 21.6. The van der Waals surface area contributed by atoms with E-state index in [4.69, 9.17) is 10.7 Å². The molecule has 5 rings (SSSR count). The molecule has 37 heavy (non-hydrogen) atoms. The van der Waals surface area contributed by atoms with Gasteiger partial charge in [0.2, 0.25) is 5.95 Å². The number of fused-ring (bicyclic) bond motifs is 2. The number of hydrogen-bond acceptors (Lipinski definition) is 7. The van der Waals surface area contributed by atoms with Crippen LogP contribution in [0.4, 0.5) is 5.95 Å². The molecule has 0 radical (unpaired) electrons. The van der Waals surface area contributed by atoms with Crippen LogP contribution in [0.25, 0.3) is 22.2 Å². The van der Waals surface area contributed by atoms with E-state index in [9.17, 15) is 14.4 Å². The van der Waals surface area contributed by atoms with Crippen LogP contribution in [0.1, 0.15) is 42.9 Å². The number of nitrogens with zero attached hydrogens (tertiary/aromatic N) is 6. The van der Waals surface area contributed by atoms with Crippen LogP contribution in [0.3, 0.4) is 0 Å². The van der Waals surface area contributed by atoms with Gasteiger partial charge in [0.05, 0.1) is 17.6 Å². The number of ketones is 1. The second-order valence-corrected chi connectivity index (χ2v) is 10.0. The lowest BCUT2D eigenvalue weighted by Crippen LogP contribution is -2.44. The Morgan fingerprint density at radius 3 is 2.73 bits per heavy atom. The smallest absolute Gasteiger partial charge is 0.332 e. The maximum atomic E-state index is 13.8. The minimum Gasteiger partial charge on any atom is -0.342 e. The van der Waals surface area contributed by atoms with E-state index in [1.165, 1.54) is 4.57 Å². The van der Waals surface area contributed by atoms with E-state index in [2.05, 4.69) is 14.9 Å². The standard InChI is InChI=1S/C26H32N8O3/c1-15(2)10-12-33-22-23(30-25(33)32-11-6-7-17(27)13-32)31(4)26(37)34(24(22)36)14-20(35)18-8-5-9-19-21(18)29-16(3)28-19/h5,8-10,17H,6-7,11-14,27H2,1-4H3,(H,28,29). The number of para-hydroxylation sites is 1. The van der Waals surface area contributed by atoms with Gasteiger partial charge in [-0.1, -0.05) is 17.7 Å². The lowest BCUT2D eigenvalue weighted by Gasteiger charge is -2.31. The van der Waals surface area contributed by atoms with E-state index in [1.807, 2.05) is 37.5 Å². The number of carbonyl (C=O) groups is 1. The summed E-state index contributed by atoms with van der Waals surface area (Å²) in [6.45, 7) is 7.17. The van der Waals surface area contributed by atoms with Crippen LogP contribution in [-0.4, -0.2) is 53.6 Å². The maximum Gasteiger partial charge on any atom is 0.332 e. The third-order valence-corrected chi connectivity index (χ3v) is 6.87. The number of anilines is 1. The minimum absolute atomic E-state index is 0.0111. The van der Waals surface area contributed by atoms with Gasteiger partial charge in [0, 0.05) is 38.3 Å². The molecule has 0 spiro atoms. The zero-order valence-electron chi connectivity index (χ0n) is 21.6. The summed E-state index contributed by atoms with van der Waals surface area (Å²) in [6, 6.07) is 5.26. The topological polar surface area (TPSA) is 137 Å². The maximum absolute atomic E-state index is 13.8. The fourth-order valence-electron chi connectivity index (χ4n) is 4.99. The van der Waals surface area contributed by atoms with Gasteiger partial charge in [-0.3, -0.25) is 18.7 Å². The monoisotopic (exact) mass is 504 g/mol. The van der Waals surface area contributed by atoms with E-state index in [1.54, 1.807) is 19.2 Å². The van der Waals surface area contributed by atoms with Gasteiger partial charge in [-0.15, -0.1) is 0 Å². The summed E-state index contributed by atoms with van der Waals surface area (Å²) < 4.78 is 4.17. The van der Waals surface area contributed by atoms with Gasteiger partial charge < -0.3 is 20.2 Å². The Kier molecular flexibility index (Phi) is 6.32. The van der Waals surface area contributed by atoms with E-state index in [0.29, 0.717) is 41.6 Å². The van der Waals surface area contributed by atoms with E-state index < -0.39 is 17.8 Å². The van der Waals surface area contributed by atoms with Crippen molar-refractivity contribution < 1.29 is 4.79 Å². The van der Waals surface area contributed by atoms with Crippen LogP contribution in [-0.2, 0) is 20.1 Å². The normalized spacial score (nSPS) is 16.0. The van der Waals surface area contributed by atoms with Gasteiger partial charge >= 0.3 is 5.69 Å². The number of benzene rings is 1. The lowest BCUT2D eigenvalue weighted by atomic mass is 10.1. The third kappa shape index (κ3) is 4.39. The van der Waals surface area contributed by atoms with E-state index in [0.717, 1.165) is 35.0 Å². The van der Waals surface area contributed by atoms with E-state index >= 15 is 0 Å². The molecule has 0 amide bonds. The molecule has 0 aliphatic carbocycles. The second kappa shape index (κ2) is 9.47. The number of Topliss-reactive ketones (excluding diaryl/α,β-unsaturated/α-hetero) is 1. The van der Waals surface area contributed by atoms with Gasteiger partial charge in [0.15, 0.2) is 16.9 Å². The van der Waals surface area contributed by atoms with Crippen LogP contribution >= 0.6 is 0 Å². The number of nitrogens with two attached hydrogens (primary N) is 1. The number of carbonyl (C=O) groups excluding carboxylic acids is 1. The Balaban J connectivity index is 1.66. The van der Waals surface area contributed by atoms with Gasteiger partial charge in [-0.05, 0) is 45.7 Å². The Hall–Kier alpha value is -3.99. The quantitative estimate of drug-likeness (QED) is 0.302. The average molecular weight is 505 g/mol. The second-order valence-electron chi connectivity index (χ2n) is 10.0. The average Bonchev–Trinajstić information content (AvgIpc) is 3.43. The fourth-order valence-corrected chi connectivity index (χ4v) is 4.99. The van der Waals surface area contributed by atoms with Crippen LogP contribution < -0.4 is 21.9 Å². The molecule has 1 aromatic carbocycles. The SMILES string of the molecule is CC(C)=CCn1c(N2CCCC(N)C2)nc2c1c(=O)n(CC(=O)c1cccc3[nH]c(C)nc13)c(=O)n2C. The summed E-state index contributed by atoms with van der Waals surface area (Å²) in [5.74, 6) is 0.918. The van der Waals surface area contributed by atoms with Crippen LogP contribution in [0.2, 0.25) is 0 Å². The number of aromatic nitrogens is 6. The molecule has 3 N–H and O–H groups in total. The highest BCUT2D eigenvalue weighted by Gasteiger charge is 2.27. The molecular weight excluding hydrogens is 472 g/mol. The summed E-state index contributed by atoms with van der Waals surface area (Å²) in [6.07, 6.45) is 3.86. The van der Waals surface area contributed by atoms with Crippen molar-refractivity contribution in [3.05, 3.63) is 62.1 Å². The Labute approximate surface area is 213 Å². The number of aryl methyl sites for hydroxylation is 2. The molecule has 0 bridgehead atoms. The lowest BCUT2D eigenvalue weighted by molar-refractivity contribution is 0.0970. The highest BCUT2D eigenvalue weighted by Crippen LogP contribution is 2.23. The number of nitrogens with one attached hydrogen (secondary N) is 1. The zero-order chi connectivity index (χ0) is 26.4. The molecule has 4 heterocycles. The van der Waals surface area contributed by atoms with Crippen molar-refractivity contribution in [2.75, 3.05) is 18.0 Å². The van der Waals surface area contributed by atoms with Crippen LogP contribution in [0.5, 0.6) is 0 Å². The molecule has 1 atom stereocenters. The molecule has 11 nitrogen and oxygen atoms in total. The summed E-state index contributed by atoms with van der Waals surface area (Å²) in [4.78, 5) is 54.8. The Morgan fingerprint density at radius 2 is 2.00 bits per heavy atom. The van der Waals surface area contributed by atoms with Crippen molar-refractivity contribution in [1.82, 2.24) is 28.7 Å². The Bertz CT molecular complexity index is 1670. The highest BCUT2D eigenvalue weighted by molar-refractivity contribution is 6.06. The summed E-state index contributed by atoms with van der Waals surface area (Å²) in [5.41, 5.74) is 8.37. The predicted octanol–water partition coefficient (Wildman–Crippen LogP) is 1.86. The first-order valence-electron chi connectivity index (χ1n) is 12.5. The molecule has 194 valence electrons. The van der Waals surface area contributed by atoms with Gasteiger partial charge in [0.1, 0.15) is 5.82 Å². The van der Waals surface area contributed by atoms with Crippen molar-refractivity contribution in [3.8, 4) is 0 Å². The molecular formula is C26H32N8O3. The van der Waals surface area contributed by atoms with Crippen molar-refractivity contribution in [2.45, 2.75) is 52.7 Å². The van der Waals surface area contributed by atoms with Crippen molar-refractivity contribution in [1.29, 1.82) is 0 Å². The molecule has 4 aromatic rings. The highest BCUT2D eigenvalue weighted by atomic mass is 16.2. The molecule has 3 aromatic heterocycles. The van der Waals surface area contributed by atoms with Gasteiger partial charge in [0.25, 0.3) is 5.56 Å². The largest absolute Gasteiger partial charge is 0.342 e. The number of allylic oxidation sites excluding steroid dienone is 2. The number of aromatic amines is 1. The van der Waals surface area contributed by atoms with Crippen molar-refractivity contribution in [3.63, 3.8) is 0 Å². The predicted molar refractivity (Wildman–Crippen MR) is 143 cm³/mol. The van der Waals surface area contributed by atoms with Crippen molar-refractivity contribution in [2.24, 2.45) is 12.8 Å². The van der Waals surface area contributed by atoms with Crippen LogP contribution in [0, 0.1) is 6.92 Å². The number of imidazole rings is 2. The molecule has 1 aliphatic rings. The summed E-state index contributed by atoms with van der Waals surface area (Å²) >= 11 is 0. The number of hydrogen-bond donors (Lipinski definition) is 2. The first-order valence-corrected chi connectivity index (χ1v) is 12.5. The van der Waals surface area contributed by atoms with Gasteiger partial charge in [-0.25, -0.2) is 9.78 Å². The fraction of sp³-hybridized carbons (Fsp3) is 0.423. The number of piperidine rings is 1. The number of rotatable bonds is 6. The van der Waals surface area contributed by atoms with Crippen molar-refractivity contribution >= 4 is 33.9 Å².